The summed E-state index contributed by atoms with van der Waals surface area (Å²) >= 11 is 1.59. The number of halogens is 1. The van der Waals surface area contributed by atoms with Gasteiger partial charge >= 0.3 is 5.97 Å². The zero-order valence-electron chi connectivity index (χ0n) is 7.23. The van der Waals surface area contributed by atoms with Gasteiger partial charge in [-0.1, -0.05) is 0 Å². The second-order valence-corrected chi connectivity index (χ2v) is 3.25. The Balaban J connectivity index is 0.00000144. The molecule has 0 aromatic carbocycles. The highest BCUT2D eigenvalue weighted by atomic mass is 35.5. The maximum absolute atomic E-state index is 10.9. The number of methoxy groups -OCH3 is 1. The van der Waals surface area contributed by atoms with Crippen LogP contribution in [0.4, 0.5) is 0 Å². The average Bonchev–Trinajstić information content (AvgIpc) is 2.55. The molecule has 1 aromatic rings. The molecule has 3 nitrogen and oxygen atoms in total. The molecule has 0 fully saturated rings. The summed E-state index contributed by atoms with van der Waals surface area (Å²) in [5.74, 6) is -0.360. The van der Waals surface area contributed by atoms with Crippen LogP contribution in [-0.2, 0) is 16.0 Å². The van der Waals surface area contributed by atoms with Crippen LogP contribution in [0.2, 0.25) is 0 Å². The maximum atomic E-state index is 10.9. The van der Waals surface area contributed by atoms with E-state index in [0.717, 1.165) is 5.56 Å². The van der Waals surface area contributed by atoms with E-state index in [1.807, 2.05) is 16.8 Å². The number of carbonyl (C=O) groups is 1. The Hall–Kier alpha value is -0.580. The molecule has 0 amide bonds. The molecule has 1 atom stereocenters. The quantitative estimate of drug-likeness (QED) is 0.781. The van der Waals surface area contributed by atoms with Crippen molar-refractivity contribution in [2.75, 3.05) is 7.11 Å². The first kappa shape index (κ1) is 12.4. The third kappa shape index (κ3) is 3.76. The number of hydrogen-bond acceptors (Lipinski definition) is 4. The second kappa shape index (κ2) is 5.96. The molecular weight excluding hydrogens is 210 g/mol. The molecule has 1 heterocycles. The molecule has 0 bridgehead atoms. The minimum Gasteiger partial charge on any atom is -0.468 e. The molecule has 0 aliphatic heterocycles. The van der Waals surface area contributed by atoms with Gasteiger partial charge in [-0.15, -0.1) is 12.4 Å². The molecule has 1 unspecified atom stereocenters. The van der Waals surface area contributed by atoms with E-state index in [2.05, 4.69) is 4.74 Å². The number of esters is 1. The Kier molecular flexibility index (Phi) is 5.70. The lowest BCUT2D eigenvalue weighted by Crippen LogP contribution is -2.33. The van der Waals surface area contributed by atoms with Crippen LogP contribution in [0, 0.1) is 0 Å². The van der Waals surface area contributed by atoms with Crippen LogP contribution in [0.3, 0.4) is 0 Å². The number of hydrogen-bond donors (Lipinski definition) is 1. The van der Waals surface area contributed by atoms with Crippen molar-refractivity contribution < 1.29 is 9.53 Å². The standard InChI is InChI=1S/C8H11NO2S.ClH/c1-11-8(10)7(9)4-6-2-3-12-5-6;/h2-3,5,7H,4,9H2,1H3;1H. The number of ether oxygens (including phenoxy) is 1. The largest absolute Gasteiger partial charge is 0.468 e. The van der Waals surface area contributed by atoms with Gasteiger partial charge in [0, 0.05) is 0 Å². The molecular formula is C8H12ClNO2S. The number of thiophene rings is 1. The van der Waals surface area contributed by atoms with Crippen molar-refractivity contribution in [1.82, 2.24) is 0 Å². The van der Waals surface area contributed by atoms with Gasteiger partial charge in [0.05, 0.1) is 7.11 Å². The van der Waals surface area contributed by atoms with E-state index in [-0.39, 0.29) is 18.4 Å². The van der Waals surface area contributed by atoms with Gasteiger partial charge in [0.15, 0.2) is 0 Å². The van der Waals surface area contributed by atoms with Gasteiger partial charge in [0.1, 0.15) is 6.04 Å². The molecule has 0 radical (unpaired) electrons. The first-order valence-electron chi connectivity index (χ1n) is 3.58. The summed E-state index contributed by atoms with van der Waals surface area (Å²) in [5, 5.41) is 3.93. The average molecular weight is 222 g/mol. The normalized spacial score (nSPS) is 11.5. The fourth-order valence-electron chi connectivity index (χ4n) is 0.897. The van der Waals surface area contributed by atoms with Crippen LogP contribution < -0.4 is 5.73 Å². The smallest absolute Gasteiger partial charge is 0.322 e. The highest BCUT2D eigenvalue weighted by Gasteiger charge is 2.13. The van der Waals surface area contributed by atoms with E-state index in [0.29, 0.717) is 6.42 Å². The lowest BCUT2D eigenvalue weighted by Gasteiger charge is -2.06. The van der Waals surface area contributed by atoms with Crippen molar-refractivity contribution in [3.05, 3.63) is 22.4 Å². The van der Waals surface area contributed by atoms with E-state index in [1.54, 1.807) is 11.3 Å². The molecule has 0 saturated carbocycles. The first-order chi connectivity index (χ1) is 5.74. The van der Waals surface area contributed by atoms with Gasteiger partial charge in [-0.25, -0.2) is 0 Å². The van der Waals surface area contributed by atoms with E-state index in [1.165, 1.54) is 7.11 Å². The molecule has 0 aliphatic carbocycles. The fourth-order valence-corrected chi connectivity index (χ4v) is 1.58. The van der Waals surface area contributed by atoms with Gasteiger partial charge in [0.25, 0.3) is 0 Å². The summed E-state index contributed by atoms with van der Waals surface area (Å²) in [6.07, 6.45) is 0.552. The highest BCUT2D eigenvalue weighted by Crippen LogP contribution is 2.08. The summed E-state index contributed by atoms with van der Waals surface area (Å²) in [6, 6.07) is 1.41. The number of carbonyl (C=O) groups excluding carboxylic acids is 1. The topological polar surface area (TPSA) is 52.3 Å². The van der Waals surface area contributed by atoms with Gasteiger partial charge in [0.2, 0.25) is 0 Å². The molecule has 1 rings (SSSR count). The third-order valence-electron chi connectivity index (χ3n) is 1.54. The SMILES string of the molecule is COC(=O)C(N)Cc1ccsc1.Cl. The summed E-state index contributed by atoms with van der Waals surface area (Å²) in [4.78, 5) is 10.9. The lowest BCUT2D eigenvalue weighted by molar-refractivity contribution is -0.142. The summed E-state index contributed by atoms with van der Waals surface area (Å²) < 4.78 is 4.50. The maximum Gasteiger partial charge on any atom is 0.322 e. The van der Waals surface area contributed by atoms with Crippen molar-refractivity contribution in [2.45, 2.75) is 12.5 Å². The van der Waals surface area contributed by atoms with Crippen LogP contribution in [0.25, 0.3) is 0 Å². The fraction of sp³-hybridized carbons (Fsp3) is 0.375. The van der Waals surface area contributed by atoms with E-state index in [4.69, 9.17) is 5.73 Å². The Morgan fingerprint density at radius 1 is 1.77 bits per heavy atom. The first-order valence-corrected chi connectivity index (χ1v) is 4.53. The minimum absolute atomic E-state index is 0. The van der Waals surface area contributed by atoms with Crippen molar-refractivity contribution in [3.8, 4) is 0 Å². The predicted octanol–water partition coefficient (Wildman–Crippen LogP) is 1.21. The van der Waals surface area contributed by atoms with E-state index >= 15 is 0 Å². The van der Waals surface area contributed by atoms with Crippen molar-refractivity contribution in [1.29, 1.82) is 0 Å². The molecule has 0 saturated heterocycles. The monoisotopic (exact) mass is 221 g/mol. The Morgan fingerprint density at radius 2 is 2.46 bits per heavy atom. The van der Waals surface area contributed by atoms with Gasteiger partial charge in [-0.3, -0.25) is 4.79 Å². The number of rotatable bonds is 3. The summed E-state index contributed by atoms with van der Waals surface area (Å²) in [7, 11) is 1.34. The Labute approximate surface area is 87.3 Å². The Morgan fingerprint density at radius 3 is 2.92 bits per heavy atom. The Bertz CT molecular complexity index is 251. The van der Waals surface area contributed by atoms with Crippen LogP contribution in [0.15, 0.2) is 16.8 Å². The van der Waals surface area contributed by atoms with Crippen LogP contribution >= 0.6 is 23.7 Å². The zero-order chi connectivity index (χ0) is 8.97. The van der Waals surface area contributed by atoms with Gasteiger partial charge < -0.3 is 10.5 Å². The zero-order valence-corrected chi connectivity index (χ0v) is 8.86. The third-order valence-corrected chi connectivity index (χ3v) is 2.27. The summed E-state index contributed by atoms with van der Waals surface area (Å²) in [6.45, 7) is 0. The summed E-state index contributed by atoms with van der Waals surface area (Å²) in [5.41, 5.74) is 6.63. The van der Waals surface area contributed by atoms with E-state index in [9.17, 15) is 4.79 Å². The van der Waals surface area contributed by atoms with Gasteiger partial charge in [-0.05, 0) is 28.8 Å². The second-order valence-electron chi connectivity index (χ2n) is 2.47. The molecule has 2 N–H and O–H groups in total. The van der Waals surface area contributed by atoms with Crippen molar-refractivity contribution in [3.63, 3.8) is 0 Å². The molecule has 0 spiro atoms. The molecule has 0 aliphatic rings. The molecule has 74 valence electrons. The molecule has 13 heavy (non-hydrogen) atoms. The molecule has 5 heteroatoms. The lowest BCUT2D eigenvalue weighted by atomic mass is 10.1. The van der Waals surface area contributed by atoms with Crippen molar-refractivity contribution >= 4 is 29.7 Å². The van der Waals surface area contributed by atoms with Crippen molar-refractivity contribution in [2.24, 2.45) is 5.73 Å². The minimum atomic E-state index is -0.537. The van der Waals surface area contributed by atoms with Crippen LogP contribution in [-0.4, -0.2) is 19.1 Å². The van der Waals surface area contributed by atoms with Crippen LogP contribution in [0.1, 0.15) is 5.56 Å². The molecule has 1 aromatic heterocycles. The van der Waals surface area contributed by atoms with Gasteiger partial charge in [-0.2, -0.15) is 11.3 Å². The van der Waals surface area contributed by atoms with Crippen LogP contribution in [0.5, 0.6) is 0 Å². The predicted molar refractivity (Wildman–Crippen MR) is 55.3 cm³/mol. The number of nitrogens with two attached hydrogens (primary N) is 1. The highest BCUT2D eigenvalue weighted by molar-refractivity contribution is 7.07. The van der Waals surface area contributed by atoms with E-state index < -0.39 is 6.04 Å².